The lowest BCUT2D eigenvalue weighted by Gasteiger charge is -2.13. The summed E-state index contributed by atoms with van der Waals surface area (Å²) in [5.74, 6) is 1.98. The molecule has 1 fully saturated rings. The molecule has 1 aromatic heterocycles. The van der Waals surface area contributed by atoms with Crippen molar-refractivity contribution in [2.45, 2.75) is 33.1 Å². The first kappa shape index (κ1) is 13.4. The molecule has 0 amide bonds. The van der Waals surface area contributed by atoms with E-state index in [0.717, 1.165) is 18.7 Å². The van der Waals surface area contributed by atoms with Gasteiger partial charge in [0.15, 0.2) is 0 Å². The van der Waals surface area contributed by atoms with E-state index >= 15 is 0 Å². The van der Waals surface area contributed by atoms with Crippen molar-refractivity contribution in [2.75, 3.05) is 24.3 Å². The van der Waals surface area contributed by atoms with Crippen molar-refractivity contribution in [3.8, 4) is 5.88 Å². The monoisotopic (exact) mass is 269 g/mol. The molecule has 0 spiro atoms. The normalized spacial score (nSPS) is 16.4. The molecule has 0 aliphatic heterocycles. The van der Waals surface area contributed by atoms with Gasteiger partial charge in [0.1, 0.15) is 0 Å². The van der Waals surface area contributed by atoms with Crippen LogP contribution in [0.4, 0.5) is 5.95 Å². The fraction of sp³-hybridized carbons (Fsp3) is 0.692. The Hall–Kier alpha value is -1.03. The van der Waals surface area contributed by atoms with E-state index in [4.69, 9.17) is 16.3 Å². The number of aryl methyl sites for hydroxylation is 1. The number of aromatic nitrogens is 2. The first-order valence-corrected chi connectivity index (χ1v) is 6.99. The summed E-state index contributed by atoms with van der Waals surface area (Å²) < 4.78 is 5.53. The molecule has 0 unspecified atom stereocenters. The maximum atomic E-state index is 5.95. The van der Waals surface area contributed by atoms with Crippen molar-refractivity contribution in [3.05, 3.63) is 11.8 Å². The molecule has 2 rings (SSSR count). The van der Waals surface area contributed by atoms with E-state index < -0.39 is 0 Å². The fourth-order valence-electron chi connectivity index (χ4n) is 1.70. The van der Waals surface area contributed by atoms with Gasteiger partial charge >= 0.3 is 0 Å². The predicted molar refractivity (Wildman–Crippen MR) is 73.4 cm³/mol. The number of hydrogen-bond acceptors (Lipinski definition) is 4. The van der Waals surface area contributed by atoms with E-state index in [2.05, 4.69) is 22.2 Å². The minimum atomic E-state index is 0.263. The molecule has 18 heavy (non-hydrogen) atoms. The number of nitrogens with one attached hydrogen (secondary N) is 1. The summed E-state index contributed by atoms with van der Waals surface area (Å²) in [5, 5.41) is 3.27. The van der Waals surface area contributed by atoms with Gasteiger partial charge in [-0.3, -0.25) is 0 Å². The van der Waals surface area contributed by atoms with Gasteiger partial charge in [0.2, 0.25) is 11.8 Å². The standard InChI is InChI=1S/C13H20ClN3O/c1-3-6-18-11-7-10(2)16-12(17-11)15-9-13(8-14)4-5-13/h7H,3-6,8-9H2,1-2H3,(H,15,16,17). The highest BCUT2D eigenvalue weighted by Gasteiger charge is 2.41. The molecule has 1 aliphatic carbocycles. The van der Waals surface area contributed by atoms with Crippen LogP contribution in [0.5, 0.6) is 5.88 Å². The van der Waals surface area contributed by atoms with Gasteiger partial charge < -0.3 is 10.1 Å². The summed E-state index contributed by atoms with van der Waals surface area (Å²) in [6.07, 6.45) is 3.35. The summed E-state index contributed by atoms with van der Waals surface area (Å²) >= 11 is 5.95. The molecule has 5 heteroatoms. The summed E-state index contributed by atoms with van der Waals surface area (Å²) in [6, 6.07) is 1.86. The molecule has 1 saturated carbocycles. The maximum absolute atomic E-state index is 5.95. The van der Waals surface area contributed by atoms with Crippen LogP contribution in [0.3, 0.4) is 0 Å². The second-order valence-corrected chi connectivity index (χ2v) is 5.27. The van der Waals surface area contributed by atoms with Crippen LogP contribution in [-0.4, -0.2) is 29.0 Å². The van der Waals surface area contributed by atoms with Crippen LogP contribution >= 0.6 is 11.6 Å². The Labute approximate surface area is 113 Å². The topological polar surface area (TPSA) is 47.0 Å². The number of halogens is 1. The first-order chi connectivity index (χ1) is 8.67. The third-order valence-electron chi connectivity index (χ3n) is 3.15. The first-order valence-electron chi connectivity index (χ1n) is 6.46. The Balaban J connectivity index is 1.96. The summed E-state index contributed by atoms with van der Waals surface area (Å²) in [5.41, 5.74) is 1.17. The molecular formula is C13H20ClN3O. The van der Waals surface area contributed by atoms with Gasteiger partial charge in [-0.1, -0.05) is 6.92 Å². The lowest BCUT2D eigenvalue weighted by atomic mass is 10.1. The lowest BCUT2D eigenvalue weighted by Crippen LogP contribution is -2.18. The number of alkyl halides is 1. The van der Waals surface area contributed by atoms with Crippen LogP contribution in [-0.2, 0) is 0 Å². The van der Waals surface area contributed by atoms with E-state index in [1.165, 1.54) is 12.8 Å². The molecule has 100 valence electrons. The summed E-state index contributed by atoms with van der Waals surface area (Å²) in [7, 11) is 0. The van der Waals surface area contributed by atoms with Crippen molar-refractivity contribution in [3.63, 3.8) is 0 Å². The average Bonchev–Trinajstić information content (AvgIpc) is 3.14. The van der Waals surface area contributed by atoms with E-state index in [9.17, 15) is 0 Å². The second kappa shape index (κ2) is 5.74. The Morgan fingerprint density at radius 3 is 2.83 bits per heavy atom. The zero-order valence-electron chi connectivity index (χ0n) is 11.0. The molecular weight excluding hydrogens is 250 g/mol. The summed E-state index contributed by atoms with van der Waals surface area (Å²) in [4.78, 5) is 8.71. The zero-order chi connectivity index (χ0) is 13.0. The zero-order valence-corrected chi connectivity index (χ0v) is 11.8. The Morgan fingerprint density at radius 2 is 2.22 bits per heavy atom. The van der Waals surface area contributed by atoms with Crippen LogP contribution in [0.25, 0.3) is 0 Å². The van der Waals surface area contributed by atoms with Gasteiger partial charge in [-0.05, 0) is 26.2 Å². The fourth-order valence-corrected chi connectivity index (χ4v) is 2.06. The molecule has 0 aromatic carbocycles. The molecule has 0 bridgehead atoms. The van der Waals surface area contributed by atoms with Gasteiger partial charge in [-0.25, -0.2) is 4.98 Å². The van der Waals surface area contributed by atoms with Crippen molar-refractivity contribution in [1.29, 1.82) is 0 Å². The minimum absolute atomic E-state index is 0.263. The Bertz CT molecular complexity index is 407. The smallest absolute Gasteiger partial charge is 0.226 e. The van der Waals surface area contributed by atoms with Crippen LogP contribution in [0.2, 0.25) is 0 Å². The third-order valence-corrected chi connectivity index (χ3v) is 3.71. The van der Waals surface area contributed by atoms with Crippen LogP contribution in [0.1, 0.15) is 31.9 Å². The van der Waals surface area contributed by atoms with Crippen molar-refractivity contribution >= 4 is 17.5 Å². The van der Waals surface area contributed by atoms with Crippen molar-refractivity contribution in [2.24, 2.45) is 5.41 Å². The number of rotatable bonds is 7. The van der Waals surface area contributed by atoms with Crippen LogP contribution < -0.4 is 10.1 Å². The Morgan fingerprint density at radius 1 is 1.44 bits per heavy atom. The molecule has 4 nitrogen and oxygen atoms in total. The van der Waals surface area contributed by atoms with Crippen LogP contribution in [0.15, 0.2) is 6.07 Å². The predicted octanol–water partition coefficient (Wildman–Crippen LogP) is 3.00. The van der Waals surface area contributed by atoms with Gasteiger partial charge in [0.05, 0.1) is 6.61 Å². The van der Waals surface area contributed by atoms with E-state index in [1.54, 1.807) is 0 Å². The van der Waals surface area contributed by atoms with Crippen LogP contribution in [0, 0.1) is 12.3 Å². The molecule has 1 N–H and O–H groups in total. The van der Waals surface area contributed by atoms with Crippen molar-refractivity contribution in [1.82, 2.24) is 9.97 Å². The number of ether oxygens (including phenoxy) is 1. The molecule has 0 atom stereocenters. The second-order valence-electron chi connectivity index (χ2n) is 5.01. The SMILES string of the molecule is CCCOc1cc(C)nc(NCC2(CCl)CC2)n1. The highest BCUT2D eigenvalue weighted by atomic mass is 35.5. The van der Waals surface area contributed by atoms with E-state index in [1.807, 2.05) is 13.0 Å². The van der Waals surface area contributed by atoms with E-state index in [0.29, 0.717) is 24.3 Å². The molecule has 1 aromatic rings. The molecule has 0 saturated heterocycles. The largest absolute Gasteiger partial charge is 0.478 e. The van der Waals surface area contributed by atoms with Gasteiger partial charge in [-0.15, -0.1) is 11.6 Å². The Kier molecular flexibility index (Phi) is 4.27. The quantitative estimate of drug-likeness (QED) is 0.773. The van der Waals surface area contributed by atoms with Gasteiger partial charge in [0, 0.05) is 29.6 Å². The number of anilines is 1. The average molecular weight is 270 g/mol. The molecule has 0 radical (unpaired) electrons. The lowest BCUT2D eigenvalue weighted by molar-refractivity contribution is 0.305. The molecule has 1 heterocycles. The number of hydrogen-bond donors (Lipinski definition) is 1. The maximum Gasteiger partial charge on any atom is 0.226 e. The third kappa shape index (κ3) is 3.48. The van der Waals surface area contributed by atoms with Gasteiger partial charge in [0.25, 0.3) is 0 Å². The highest BCUT2D eigenvalue weighted by Crippen LogP contribution is 2.46. The molecule has 1 aliphatic rings. The van der Waals surface area contributed by atoms with E-state index in [-0.39, 0.29) is 5.41 Å². The highest BCUT2D eigenvalue weighted by molar-refractivity contribution is 6.18. The van der Waals surface area contributed by atoms with Crippen molar-refractivity contribution < 1.29 is 4.74 Å². The number of nitrogens with zero attached hydrogens (tertiary/aromatic N) is 2. The van der Waals surface area contributed by atoms with Gasteiger partial charge in [-0.2, -0.15) is 4.98 Å². The summed E-state index contributed by atoms with van der Waals surface area (Å²) in [6.45, 7) is 5.54. The minimum Gasteiger partial charge on any atom is -0.478 e.